The second-order valence-electron chi connectivity index (χ2n) is 3.82. The molecular weight excluding hydrogens is 230 g/mol. The van der Waals surface area contributed by atoms with Gasteiger partial charge in [0.25, 0.3) is 0 Å². The van der Waals surface area contributed by atoms with Gasteiger partial charge in [0.15, 0.2) is 0 Å². The second-order valence-corrected chi connectivity index (χ2v) is 3.82. The van der Waals surface area contributed by atoms with Gasteiger partial charge in [-0.2, -0.15) is 0 Å². The van der Waals surface area contributed by atoms with E-state index in [0.29, 0.717) is 11.3 Å². The third-order valence-electron chi connectivity index (χ3n) is 2.69. The average molecular weight is 239 g/mol. The normalized spacial score (nSPS) is 10.7. The number of nitrogens with zero attached hydrogens (tertiary/aromatic N) is 3. The summed E-state index contributed by atoms with van der Waals surface area (Å²) < 4.78 is 1.85. The summed E-state index contributed by atoms with van der Waals surface area (Å²) in [7, 11) is 0. The van der Waals surface area contributed by atoms with Gasteiger partial charge < -0.3 is 9.51 Å². The number of imidazole rings is 1. The lowest BCUT2D eigenvalue weighted by molar-refractivity contribution is 0.0697. The number of rotatable bonds is 2. The fraction of sp³-hybridized carbons (Fsp3) is 0. The van der Waals surface area contributed by atoms with Gasteiger partial charge in [0.2, 0.25) is 0 Å². The summed E-state index contributed by atoms with van der Waals surface area (Å²) in [5.41, 5.74) is 2.13. The Hall–Kier alpha value is -2.69. The van der Waals surface area contributed by atoms with Crippen LogP contribution in [-0.2, 0) is 0 Å². The van der Waals surface area contributed by atoms with Crippen molar-refractivity contribution in [1.82, 2.24) is 14.4 Å². The minimum atomic E-state index is -1.00. The van der Waals surface area contributed by atoms with Crippen molar-refractivity contribution in [3.8, 4) is 11.3 Å². The van der Waals surface area contributed by atoms with Crippen molar-refractivity contribution in [2.45, 2.75) is 0 Å². The first-order valence-corrected chi connectivity index (χ1v) is 5.37. The van der Waals surface area contributed by atoms with Crippen molar-refractivity contribution >= 4 is 11.6 Å². The van der Waals surface area contributed by atoms with E-state index < -0.39 is 5.97 Å². The SMILES string of the molecule is O=C(O)c1cnccc1-c1cn2ccccc2n1. The Bertz CT molecular complexity index is 701. The fourth-order valence-electron chi connectivity index (χ4n) is 1.85. The van der Waals surface area contributed by atoms with E-state index in [9.17, 15) is 4.79 Å². The Morgan fingerprint density at radius 1 is 1.28 bits per heavy atom. The maximum Gasteiger partial charge on any atom is 0.337 e. The van der Waals surface area contributed by atoms with Gasteiger partial charge in [-0.3, -0.25) is 4.98 Å². The molecule has 0 bridgehead atoms. The summed E-state index contributed by atoms with van der Waals surface area (Å²) in [6, 6.07) is 7.30. The molecule has 0 saturated heterocycles. The van der Waals surface area contributed by atoms with E-state index in [1.54, 1.807) is 18.5 Å². The Balaban J connectivity index is 2.23. The van der Waals surface area contributed by atoms with Crippen molar-refractivity contribution in [1.29, 1.82) is 0 Å². The van der Waals surface area contributed by atoms with Crippen molar-refractivity contribution in [3.63, 3.8) is 0 Å². The molecule has 0 unspecified atom stereocenters. The molecule has 0 aliphatic carbocycles. The number of pyridine rings is 2. The summed E-state index contributed by atoms with van der Waals surface area (Å²) in [5, 5.41) is 9.13. The van der Waals surface area contributed by atoms with E-state index in [1.165, 1.54) is 6.20 Å². The van der Waals surface area contributed by atoms with Crippen molar-refractivity contribution in [2.24, 2.45) is 0 Å². The highest BCUT2D eigenvalue weighted by atomic mass is 16.4. The topological polar surface area (TPSA) is 67.5 Å². The summed E-state index contributed by atoms with van der Waals surface area (Å²) in [4.78, 5) is 19.4. The molecule has 0 aliphatic rings. The van der Waals surface area contributed by atoms with Crippen LogP contribution in [0.15, 0.2) is 49.1 Å². The van der Waals surface area contributed by atoms with E-state index in [2.05, 4.69) is 9.97 Å². The number of fused-ring (bicyclic) bond motifs is 1. The van der Waals surface area contributed by atoms with Gasteiger partial charge in [-0.15, -0.1) is 0 Å². The highest BCUT2D eigenvalue weighted by Gasteiger charge is 2.13. The van der Waals surface area contributed by atoms with E-state index in [0.717, 1.165) is 5.65 Å². The number of carbonyl (C=O) groups is 1. The Labute approximate surface area is 102 Å². The smallest absolute Gasteiger partial charge is 0.337 e. The second kappa shape index (κ2) is 3.96. The molecule has 3 aromatic rings. The first-order valence-electron chi connectivity index (χ1n) is 5.37. The summed E-state index contributed by atoms with van der Waals surface area (Å²) in [6.45, 7) is 0. The minimum absolute atomic E-state index is 0.154. The zero-order valence-corrected chi connectivity index (χ0v) is 9.32. The van der Waals surface area contributed by atoms with Gasteiger partial charge in [-0.1, -0.05) is 6.07 Å². The van der Waals surface area contributed by atoms with Crippen LogP contribution in [-0.4, -0.2) is 25.4 Å². The molecule has 3 rings (SSSR count). The molecule has 0 aliphatic heterocycles. The van der Waals surface area contributed by atoms with Crippen LogP contribution in [0.5, 0.6) is 0 Å². The lowest BCUT2D eigenvalue weighted by atomic mass is 10.1. The predicted octanol–water partition coefficient (Wildman–Crippen LogP) is 2.09. The highest BCUT2D eigenvalue weighted by molar-refractivity contribution is 5.95. The minimum Gasteiger partial charge on any atom is -0.478 e. The summed E-state index contributed by atoms with van der Waals surface area (Å²) in [5.74, 6) is -1.00. The first kappa shape index (κ1) is 10.5. The molecule has 0 atom stereocenters. The monoisotopic (exact) mass is 239 g/mol. The van der Waals surface area contributed by atoms with E-state index in [4.69, 9.17) is 5.11 Å². The number of carboxylic acid groups (broad SMARTS) is 1. The van der Waals surface area contributed by atoms with Gasteiger partial charge in [0.1, 0.15) is 5.65 Å². The number of hydrogen-bond acceptors (Lipinski definition) is 3. The van der Waals surface area contributed by atoms with Gasteiger partial charge in [0.05, 0.1) is 11.3 Å². The number of aromatic carboxylic acids is 1. The molecule has 0 amide bonds. The molecule has 88 valence electrons. The van der Waals surface area contributed by atoms with Crippen LogP contribution in [0.1, 0.15) is 10.4 Å². The molecule has 0 radical (unpaired) electrons. The van der Waals surface area contributed by atoms with Crippen molar-refractivity contribution in [2.75, 3.05) is 0 Å². The summed E-state index contributed by atoms with van der Waals surface area (Å²) >= 11 is 0. The zero-order valence-electron chi connectivity index (χ0n) is 9.32. The first-order chi connectivity index (χ1) is 8.75. The average Bonchev–Trinajstić information content (AvgIpc) is 2.82. The molecule has 1 N–H and O–H groups in total. The zero-order chi connectivity index (χ0) is 12.5. The molecule has 3 heterocycles. The Morgan fingerprint density at radius 2 is 2.17 bits per heavy atom. The molecule has 0 saturated carbocycles. The van der Waals surface area contributed by atoms with Crippen LogP contribution >= 0.6 is 0 Å². The molecule has 5 heteroatoms. The van der Waals surface area contributed by atoms with Crippen LogP contribution in [0.2, 0.25) is 0 Å². The molecule has 0 aromatic carbocycles. The van der Waals surface area contributed by atoms with Crippen LogP contribution in [0.3, 0.4) is 0 Å². The Kier molecular flexibility index (Phi) is 2.30. The molecular formula is C13H9N3O2. The summed E-state index contributed by atoms with van der Waals surface area (Å²) in [6.07, 6.45) is 6.57. The van der Waals surface area contributed by atoms with Gasteiger partial charge in [-0.05, 0) is 18.2 Å². The Morgan fingerprint density at radius 3 is 2.94 bits per heavy atom. The van der Waals surface area contributed by atoms with Crippen molar-refractivity contribution < 1.29 is 9.90 Å². The third-order valence-corrected chi connectivity index (χ3v) is 2.69. The lowest BCUT2D eigenvalue weighted by Crippen LogP contribution is -2.00. The lowest BCUT2D eigenvalue weighted by Gasteiger charge is -2.00. The molecule has 3 aromatic heterocycles. The number of aromatic nitrogens is 3. The van der Waals surface area contributed by atoms with Crippen LogP contribution in [0, 0.1) is 0 Å². The van der Waals surface area contributed by atoms with Crippen molar-refractivity contribution in [3.05, 3.63) is 54.6 Å². The third kappa shape index (κ3) is 1.62. The standard InChI is InChI=1S/C13H9N3O2/c17-13(18)10-7-14-5-4-9(10)11-8-16-6-2-1-3-12(16)15-11/h1-8H,(H,17,18). The van der Waals surface area contributed by atoms with E-state index in [1.807, 2.05) is 28.8 Å². The van der Waals surface area contributed by atoms with Gasteiger partial charge in [0, 0.05) is 30.4 Å². The molecule has 18 heavy (non-hydrogen) atoms. The molecule has 0 fully saturated rings. The quantitative estimate of drug-likeness (QED) is 0.743. The predicted molar refractivity (Wildman–Crippen MR) is 65.4 cm³/mol. The van der Waals surface area contributed by atoms with Gasteiger partial charge in [-0.25, -0.2) is 9.78 Å². The number of carboxylic acids is 1. The van der Waals surface area contributed by atoms with Crippen LogP contribution in [0.4, 0.5) is 0 Å². The fourth-order valence-corrected chi connectivity index (χ4v) is 1.85. The molecule has 5 nitrogen and oxygen atoms in total. The van der Waals surface area contributed by atoms with E-state index in [-0.39, 0.29) is 5.56 Å². The largest absolute Gasteiger partial charge is 0.478 e. The van der Waals surface area contributed by atoms with E-state index >= 15 is 0 Å². The molecule has 0 spiro atoms. The van der Waals surface area contributed by atoms with Crippen LogP contribution in [0.25, 0.3) is 16.9 Å². The van der Waals surface area contributed by atoms with Crippen LogP contribution < -0.4 is 0 Å². The maximum absolute atomic E-state index is 11.1. The van der Waals surface area contributed by atoms with Gasteiger partial charge >= 0.3 is 5.97 Å². The number of hydrogen-bond donors (Lipinski definition) is 1. The highest BCUT2D eigenvalue weighted by Crippen LogP contribution is 2.22. The maximum atomic E-state index is 11.1.